The van der Waals surface area contributed by atoms with Crippen molar-refractivity contribution in [1.29, 1.82) is 0 Å². The molecule has 2 unspecified atom stereocenters. The zero-order valence-electron chi connectivity index (χ0n) is 9.66. The van der Waals surface area contributed by atoms with E-state index in [2.05, 4.69) is 15.9 Å². The van der Waals surface area contributed by atoms with E-state index in [1.165, 1.54) is 0 Å². The molecule has 1 fully saturated rings. The lowest BCUT2D eigenvalue weighted by Gasteiger charge is -2.16. The van der Waals surface area contributed by atoms with Crippen molar-refractivity contribution in [3.63, 3.8) is 0 Å². The van der Waals surface area contributed by atoms with Gasteiger partial charge >= 0.3 is 0 Å². The summed E-state index contributed by atoms with van der Waals surface area (Å²) in [7, 11) is 0. The minimum Gasteiger partial charge on any atom is -0.378 e. The number of ether oxygens (including phenoxy) is 1. The Hall–Kier alpha value is -0.0900. The Labute approximate surface area is 116 Å². The van der Waals surface area contributed by atoms with Gasteiger partial charge < -0.3 is 10.5 Å². The third kappa shape index (κ3) is 3.95. The molecule has 2 rings (SSSR count). The largest absolute Gasteiger partial charge is 0.378 e. The first-order chi connectivity index (χ1) is 8.15. The second-order valence-corrected chi connectivity index (χ2v) is 5.89. The molecule has 0 bridgehead atoms. The lowest BCUT2D eigenvalue weighted by atomic mass is 10.0. The predicted molar refractivity (Wildman–Crippen MR) is 74.4 cm³/mol. The zero-order valence-corrected chi connectivity index (χ0v) is 12.0. The summed E-state index contributed by atoms with van der Waals surface area (Å²) in [5.41, 5.74) is 7.25. The predicted octanol–water partition coefficient (Wildman–Crippen LogP) is 3.54. The Balaban J connectivity index is 1.90. The Morgan fingerprint density at radius 2 is 2.35 bits per heavy atom. The average molecular weight is 319 g/mol. The lowest BCUT2D eigenvalue weighted by molar-refractivity contribution is 0.0983. The van der Waals surface area contributed by atoms with Crippen LogP contribution in [0.4, 0.5) is 0 Å². The van der Waals surface area contributed by atoms with Gasteiger partial charge in [0.05, 0.1) is 6.10 Å². The van der Waals surface area contributed by atoms with E-state index in [-0.39, 0.29) is 6.04 Å². The summed E-state index contributed by atoms with van der Waals surface area (Å²) in [4.78, 5) is 0. The van der Waals surface area contributed by atoms with Crippen LogP contribution in [0, 0.1) is 0 Å². The van der Waals surface area contributed by atoms with Crippen molar-refractivity contribution in [3.8, 4) is 0 Å². The summed E-state index contributed by atoms with van der Waals surface area (Å²) in [5, 5.41) is 0.780. The highest BCUT2D eigenvalue weighted by Crippen LogP contribution is 2.24. The second kappa shape index (κ2) is 6.19. The van der Waals surface area contributed by atoms with Crippen LogP contribution < -0.4 is 5.73 Å². The normalized spacial score (nSPS) is 21.7. The molecule has 94 valence electrons. The molecular weight excluding hydrogens is 302 g/mol. The lowest BCUT2D eigenvalue weighted by Crippen LogP contribution is -2.28. The van der Waals surface area contributed by atoms with Gasteiger partial charge in [-0.05, 0) is 43.4 Å². The molecule has 0 saturated carbocycles. The van der Waals surface area contributed by atoms with Gasteiger partial charge in [0.2, 0.25) is 0 Å². The van der Waals surface area contributed by atoms with Crippen molar-refractivity contribution >= 4 is 27.5 Å². The van der Waals surface area contributed by atoms with Gasteiger partial charge in [-0.1, -0.05) is 33.6 Å². The Bertz CT molecular complexity index is 380. The monoisotopic (exact) mass is 317 g/mol. The van der Waals surface area contributed by atoms with Gasteiger partial charge in [0.1, 0.15) is 0 Å². The SMILES string of the molecule is NC(Cc1ccc(Br)cc1Cl)CC1CCCO1. The van der Waals surface area contributed by atoms with Crippen LogP contribution >= 0.6 is 27.5 Å². The second-order valence-electron chi connectivity index (χ2n) is 4.57. The number of hydrogen-bond acceptors (Lipinski definition) is 2. The molecule has 17 heavy (non-hydrogen) atoms. The molecular formula is C13H17BrClNO. The molecule has 1 aromatic rings. The van der Waals surface area contributed by atoms with E-state index in [9.17, 15) is 0 Å². The zero-order chi connectivity index (χ0) is 12.3. The van der Waals surface area contributed by atoms with E-state index in [4.69, 9.17) is 22.1 Å². The quantitative estimate of drug-likeness (QED) is 0.921. The molecule has 0 aromatic heterocycles. The van der Waals surface area contributed by atoms with E-state index in [0.29, 0.717) is 6.10 Å². The minimum absolute atomic E-state index is 0.122. The molecule has 2 nitrogen and oxygen atoms in total. The van der Waals surface area contributed by atoms with Crippen LogP contribution in [0.3, 0.4) is 0 Å². The molecule has 2 atom stereocenters. The number of benzene rings is 1. The first-order valence-corrected chi connectivity index (χ1v) is 7.13. The molecule has 0 spiro atoms. The molecule has 1 aliphatic rings. The summed E-state index contributed by atoms with van der Waals surface area (Å²) >= 11 is 9.57. The topological polar surface area (TPSA) is 35.2 Å². The van der Waals surface area contributed by atoms with Gasteiger partial charge in [-0.3, -0.25) is 0 Å². The van der Waals surface area contributed by atoms with Crippen LogP contribution in [0.25, 0.3) is 0 Å². The van der Waals surface area contributed by atoms with E-state index < -0.39 is 0 Å². The number of halogens is 2. The first-order valence-electron chi connectivity index (χ1n) is 5.96. The van der Waals surface area contributed by atoms with Gasteiger partial charge in [-0.25, -0.2) is 0 Å². The summed E-state index contributed by atoms with van der Waals surface area (Å²) in [6.07, 6.45) is 4.38. The van der Waals surface area contributed by atoms with E-state index in [0.717, 1.165) is 47.3 Å². The third-order valence-electron chi connectivity index (χ3n) is 3.09. The molecule has 1 aliphatic heterocycles. The van der Waals surface area contributed by atoms with Crippen molar-refractivity contribution in [1.82, 2.24) is 0 Å². The molecule has 1 saturated heterocycles. The molecule has 1 aromatic carbocycles. The number of rotatable bonds is 4. The van der Waals surface area contributed by atoms with Crippen molar-refractivity contribution in [2.45, 2.75) is 37.8 Å². The molecule has 1 heterocycles. The van der Waals surface area contributed by atoms with Crippen molar-refractivity contribution < 1.29 is 4.74 Å². The average Bonchev–Trinajstić information content (AvgIpc) is 2.75. The highest BCUT2D eigenvalue weighted by Gasteiger charge is 2.19. The van der Waals surface area contributed by atoms with Gasteiger partial charge in [0, 0.05) is 22.1 Å². The highest BCUT2D eigenvalue weighted by atomic mass is 79.9. The van der Waals surface area contributed by atoms with Crippen LogP contribution in [0.15, 0.2) is 22.7 Å². The fourth-order valence-corrected chi connectivity index (χ4v) is 2.97. The minimum atomic E-state index is 0.122. The smallest absolute Gasteiger partial charge is 0.0590 e. The molecule has 4 heteroatoms. The standard InChI is InChI=1S/C13H17BrClNO/c14-10-4-3-9(13(15)7-10)6-11(16)8-12-2-1-5-17-12/h3-4,7,11-12H,1-2,5-6,8,16H2. The maximum absolute atomic E-state index is 6.17. The number of nitrogens with two attached hydrogens (primary N) is 1. The maximum atomic E-state index is 6.17. The van der Waals surface area contributed by atoms with Crippen molar-refractivity contribution in [2.75, 3.05) is 6.61 Å². The molecule has 2 N–H and O–H groups in total. The van der Waals surface area contributed by atoms with Crippen LogP contribution in [0.2, 0.25) is 5.02 Å². The molecule has 0 radical (unpaired) electrons. The van der Waals surface area contributed by atoms with Crippen molar-refractivity contribution in [2.24, 2.45) is 5.73 Å². The van der Waals surface area contributed by atoms with E-state index in [1.54, 1.807) is 0 Å². The summed E-state index contributed by atoms with van der Waals surface area (Å²) < 4.78 is 6.59. The van der Waals surface area contributed by atoms with Crippen LogP contribution in [-0.4, -0.2) is 18.8 Å². The Kier molecular flexibility index (Phi) is 4.86. The molecule has 0 amide bonds. The maximum Gasteiger partial charge on any atom is 0.0590 e. The highest BCUT2D eigenvalue weighted by molar-refractivity contribution is 9.10. The fraction of sp³-hybridized carbons (Fsp3) is 0.538. The Morgan fingerprint density at radius 1 is 1.53 bits per heavy atom. The third-order valence-corrected chi connectivity index (χ3v) is 3.93. The molecule has 0 aliphatic carbocycles. The van der Waals surface area contributed by atoms with Gasteiger partial charge in [0.15, 0.2) is 0 Å². The first kappa shape index (κ1) is 13.3. The van der Waals surface area contributed by atoms with Crippen LogP contribution in [0.1, 0.15) is 24.8 Å². The van der Waals surface area contributed by atoms with Crippen LogP contribution in [-0.2, 0) is 11.2 Å². The van der Waals surface area contributed by atoms with Gasteiger partial charge in [-0.15, -0.1) is 0 Å². The Morgan fingerprint density at radius 3 is 3.00 bits per heavy atom. The number of hydrogen-bond donors (Lipinski definition) is 1. The van der Waals surface area contributed by atoms with E-state index >= 15 is 0 Å². The van der Waals surface area contributed by atoms with Crippen LogP contribution in [0.5, 0.6) is 0 Å². The van der Waals surface area contributed by atoms with Gasteiger partial charge in [-0.2, -0.15) is 0 Å². The van der Waals surface area contributed by atoms with Gasteiger partial charge in [0.25, 0.3) is 0 Å². The summed E-state index contributed by atoms with van der Waals surface area (Å²) in [5.74, 6) is 0. The fourth-order valence-electron chi connectivity index (χ4n) is 2.22. The summed E-state index contributed by atoms with van der Waals surface area (Å²) in [6.45, 7) is 0.885. The van der Waals surface area contributed by atoms with Crippen molar-refractivity contribution in [3.05, 3.63) is 33.3 Å². The van der Waals surface area contributed by atoms with E-state index in [1.807, 2.05) is 18.2 Å². The summed E-state index contributed by atoms with van der Waals surface area (Å²) in [6, 6.07) is 6.06.